The summed E-state index contributed by atoms with van der Waals surface area (Å²) < 4.78 is 11.0. The molecule has 1 saturated heterocycles. The standard InChI is InChI=1S/C16H24BrN3O4/c1-12(5-6-20-7-9-23-10-8-20)18-15(21)11-19(2)16(22)13-3-4-14(17)24-13/h3-4,12H,5-11H2,1-2H3,(H,18,21). The fraction of sp³-hybridized carbons (Fsp3) is 0.625. The predicted molar refractivity (Wildman–Crippen MR) is 92.8 cm³/mol. The third-order valence-corrected chi connectivity index (χ3v) is 4.33. The van der Waals surface area contributed by atoms with Crippen LogP contribution < -0.4 is 5.32 Å². The molecule has 1 unspecified atom stereocenters. The first-order valence-corrected chi connectivity index (χ1v) is 8.85. The maximum Gasteiger partial charge on any atom is 0.289 e. The molecule has 1 N–H and O–H groups in total. The SMILES string of the molecule is CC(CCN1CCOCC1)NC(=O)CN(C)C(=O)c1ccc(Br)o1. The van der Waals surface area contributed by atoms with Gasteiger partial charge in [0.15, 0.2) is 10.4 Å². The van der Waals surface area contributed by atoms with Crippen molar-refractivity contribution >= 4 is 27.7 Å². The molecule has 1 fully saturated rings. The highest BCUT2D eigenvalue weighted by Gasteiger charge is 2.19. The highest BCUT2D eigenvalue weighted by molar-refractivity contribution is 9.10. The van der Waals surface area contributed by atoms with Crippen molar-refractivity contribution in [2.45, 2.75) is 19.4 Å². The van der Waals surface area contributed by atoms with Crippen LogP contribution in [0.1, 0.15) is 23.9 Å². The molecule has 2 amide bonds. The van der Waals surface area contributed by atoms with Gasteiger partial charge in [0.1, 0.15) is 0 Å². The molecule has 8 heteroatoms. The fourth-order valence-electron chi connectivity index (χ4n) is 2.50. The van der Waals surface area contributed by atoms with E-state index in [2.05, 4.69) is 26.1 Å². The summed E-state index contributed by atoms with van der Waals surface area (Å²) in [5.74, 6) is -0.291. The Morgan fingerprint density at radius 1 is 1.38 bits per heavy atom. The molecule has 2 heterocycles. The van der Waals surface area contributed by atoms with Gasteiger partial charge in [-0.05, 0) is 41.4 Å². The number of carbonyl (C=O) groups is 2. The molecule has 134 valence electrons. The molecule has 0 aromatic carbocycles. The van der Waals surface area contributed by atoms with Crippen LogP contribution in [0.3, 0.4) is 0 Å². The number of halogens is 1. The molecular weight excluding hydrogens is 378 g/mol. The lowest BCUT2D eigenvalue weighted by molar-refractivity contribution is -0.122. The van der Waals surface area contributed by atoms with Gasteiger partial charge in [0.05, 0.1) is 19.8 Å². The molecule has 1 aromatic heterocycles. The normalized spacial score (nSPS) is 16.6. The zero-order valence-corrected chi connectivity index (χ0v) is 15.7. The lowest BCUT2D eigenvalue weighted by atomic mass is 10.2. The van der Waals surface area contributed by atoms with Crippen molar-refractivity contribution in [3.05, 3.63) is 22.6 Å². The highest BCUT2D eigenvalue weighted by Crippen LogP contribution is 2.15. The summed E-state index contributed by atoms with van der Waals surface area (Å²) in [5, 5.41) is 2.93. The van der Waals surface area contributed by atoms with Crippen LogP contribution in [0.15, 0.2) is 21.2 Å². The van der Waals surface area contributed by atoms with E-state index in [9.17, 15) is 9.59 Å². The Bertz CT molecular complexity index is 557. The maximum atomic E-state index is 12.1. The molecule has 1 atom stereocenters. The van der Waals surface area contributed by atoms with E-state index >= 15 is 0 Å². The number of morpholine rings is 1. The van der Waals surface area contributed by atoms with Crippen molar-refractivity contribution < 1.29 is 18.7 Å². The van der Waals surface area contributed by atoms with E-state index in [-0.39, 0.29) is 30.2 Å². The van der Waals surface area contributed by atoms with E-state index in [1.807, 2.05) is 6.92 Å². The minimum atomic E-state index is -0.322. The van der Waals surface area contributed by atoms with Gasteiger partial charge < -0.3 is 19.4 Å². The third-order valence-electron chi connectivity index (χ3n) is 3.90. The molecule has 0 bridgehead atoms. The lowest BCUT2D eigenvalue weighted by Crippen LogP contribution is -2.43. The van der Waals surface area contributed by atoms with Gasteiger partial charge >= 0.3 is 0 Å². The summed E-state index contributed by atoms with van der Waals surface area (Å²) in [6.45, 7) is 6.34. The molecule has 1 aromatic rings. The Balaban J connectivity index is 1.70. The van der Waals surface area contributed by atoms with Crippen molar-refractivity contribution in [3.8, 4) is 0 Å². The van der Waals surface area contributed by atoms with Crippen LogP contribution in [0.2, 0.25) is 0 Å². The Morgan fingerprint density at radius 3 is 2.71 bits per heavy atom. The molecule has 24 heavy (non-hydrogen) atoms. The number of furan rings is 1. The minimum absolute atomic E-state index is 0.000946. The Labute approximate surface area is 150 Å². The fourth-order valence-corrected chi connectivity index (χ4v) is 2.80. The van der Waals surface area contributed by atoms with Gasteiger partial charge in [-0.15, -0.1) is 0 Å². The van der Waals surface area contributed by atoms with Gasteiger partial charge in [0.25, 0.3) is 5.91 Å². The first-order chi connectivity index (χ1) is 11.5. The summed E-state index contributed by atoms with van der Waals surface area (Å²) in [6, 6.07) is 3.28. The van der Waals surface area contributed by atoms with Crippen LogP contribution in [-0.4, -0.2) is 74.1 Å². The second-order valence-corrected chi connectivity index (χ2v) is 6.76. The Hall–Kier alpha value is -1.38. The van der Waals surface area contributed by atoms with Crippen molar-refractivity contribution in [3.63, 3.8) is 0 Å². The van der Waals surface area contributed by atoms with Gasteiger partial charge in [0, 0.05) is 32.7 Å². The Kier molecular flexibility index (Phi) is 7.26. The molecular formula is C16H24BrN3O4. The second kappa shape index (κ2) is 9.19. The monoisotopic (exact) mass is 401 g/mol. The smallest absolute Gasteiger partial charge is 0.289 e. The number of nitrogens with one attached hydrogen (secondary N) is 1. The van der Waals surface area contributed by atoms with E-state index < -0.39 is 0 Å². The van der Waals surface area contributed by atoms with E-state index in [1.165, 1.54) is 4.90 Å². The number of likely N-dealkylation sites (N-methyl/N-ethyl adjacent to an activating group) is 1. The zero-order chi connectivity index (χ0) is 17.5. The topological polar surface area (TPSA) is 75.0 Å². The number of carbonyl (C=O) groups excluding carboxylic acids is 2. The van der Waals surface area contributed by atoms with Crippen LogP contribution >= 0.6 is 15.9 Å². The predicted octanol–water partition coefficient (Wildman–Crippen LogP) is 1.34. The van der Waals surface area contributed by atoms with Crippen molar-refractivity contribution in [2.24, 2.45) is 0 Å². The maximum absolute atomic E-state index is 12.1. The van der Waals surface area contributed by atoms with Crippen LogP contribution in [-0.2, 0) is 9.53 Å². The zero-order valence-electron chi connectivity index (χ0n) is 14.1. The third kappa shape index (κ3) is 5.92. The molecule has 2 rings (SSSR count). The van der Waals surface area contributed by atoms with Gasteiger partial charge in [-0.25, -0.2) is 0 Å². The number of amides is 2. The van der Waals surface area contributed by atoms with Crippen LogP contribution in [0.25, 0.3) is 0 Å². The average molecular weight is 402 g/mol. The van der Waals surface area contributed by atoms with Crippen LogP contribution in [0, 0.1) is 0 Å². The summed E-state index contributed by atoms with van der Waals surface area (Å²) in [6.07, 6.45) is 0.870. The van der Waals surface area contributed by atoms with Crippen molar-refractivity contribution in [1.29, 1.82) is 0 Å². The highest BCUT2D eigenvalue weighted by atomic mass is 79.9. The number of hydrogen-bond acceptors (Lipinski definition) is 5. The average Bonchev–Trinajstić information content (AvgIpc) is 2.99. The molecule has 0 spiro atoms. The second-order valence-electron chi connectivity index (χ2n) is 5.98. The van der Waals surface area contributed by atoms with Gasteiger partial charge in [-0.2, -0.15) is 0 Å². The number of ether oxygens (including phenoxy) is 1. The lowest BCUT2D eigenvalue weighted by Gasteiger charge is -2.28. The van der Waals surface area contributed by atoms with Gasteiger partial charge in [0.2, 0.25) is 5.91 Å². The number of hydrogen-bond donors (Lipinski definition) is 1. The minimum Gasteiger partial charge on any atom is -0.444 e. The largest absolute Gasteiger partial charge is 0.444 e. The number of rotatable bonds is 7. The van der Waals surface area contributed by atoms with Crippen LogP contribution in [0.4, 0.5) is 0 Å². The van der Waals surface area contributed by atoms with E-state index in [4.69, 9.17) is 9.15 Å². The molecule has 1 aliphatic rings. The molecule has 0 aliphatic carbocycles. The first kappa shape index (κ1) is 19.0. The summed E-state index contributed by atoms with van der Waals surface area (Å²) >= 11 is 3.15. The van der Waals surface area contributed by atoms with Gasteiger partial charge in [-0.1, -0.05) is 0 Å². The molecule has 0 saturated carbocycles. The molecule has 0 radical (unpaired) electrons. The van der Waals surface area contributed by atoms with E-state index in [0.29, 0.717) is 4.67 Å². The first-order valence-electron chi connectivity index (χ1n) is 8.06. The molecule has 1 aliphatic heterocycles. The summed E-state index contributed by atoms with van der Waals surface area (Å²) in [4.78, 5) is 27.9. The van der Waals surface area contributed by atoms with Gasteiger partial charge in [-0.3, -0.25) is 14.5 Å². The van der Waals surface area contributed by atoms with E-state index in [1.54, 1.807) is 19.2 Å². The quantitative estimate of drug-likeness (QED) is 0.745. The Morgan fingerprint density at radius 2 is 2.08 bits per heavy atom. The summed E-state index contributed by atoms with van der Waals surface area (Å²) in [7, 11) is 1.58. The summed E-state index contributed by atoms with van der Waals surface area (Å²) in [5.41, 5.74) is 0. The molecule has 7 nitrogen and oxygen atoms in total. The van der Waals surface area contributed by atoms with Crippen LogP contribution in [0.5, 0.6) is 0 Å². The van der Waals surface area contributed by atoms with E-state index in [0.717, 1.165) is 39.3 Å². The number of nitrogens with zero attached hydrogens (tertiary/aromatic N) is 2. The van der Waals surface area contributed by atoms with Crippen molar-refractivity contribution in [1.82, 2.24) is 15.1 Å². The van der Waals surface area contributed by atoms with Crippen molar-refractivity contribution in [2.75, 3.05) is 46.4 Å².